The number of fused-ring (bicyclic) bond motifs is 1. The van der Waals surface area contributed by atoms with Crippen molar-refractivity contribution in [1.29, 1.82) is 0 Å². The van der Waals surface area contributed by atoms with Crippen LogP contribution >= 0.6 is 0 Å². The van der Waals surface area contributed by atoms with Gasteiger partial charge in [-0.25, -0.2) is 9.97 Å². The van der Waals surface area contributed by atoms with E-state index in [4.69, 9.17) is 14.5 Å². The van der Waals surface area contributed by atoms with Crippen LogP contribution in [-0.4, -0.2) is 61.3 Å². The summed E-state index contributed by atoms with van der Waals surface area (Å²) >= 11 is 0. The lowest BCUT2D eigenvalue weighted by molar-refractivity contribution is 0.209. The molecule has 0 bridgehead atoms. The van der Waals surface area contributed by atoms with Crippen LogP contribution in [0.5, 0.6) is 11.5 Å². The molecule has 0 spiro atoms. The Balaban J connectivity index is 1.63. The van der Waals surface area contributed by atoms with E-state index in [1.807, 2.05) is 18.3 Å². The lowest BCUT2D eigenvalue weighted by atomic mass is 10.1. The SMILES string of the molecule is COc1cc(OC)c2cnc(-c3cccc(N4CCN(C(C)C)CC4)c3)nc2c1. The summed E-state index contributed by atoms with van der Waals surface area (Å²) in [6.07, 6.45) is 1.82. The van der Waals surface area contributed by atoms with Gasteiger partial charge >= 0.3 is 0 Å². The molecule has 29 heavy (non-hydrogen) atoms. The summed E-state index contributed by atoms with van der Waals surface area (Å²) in [5.74, 6) is 2.13. The van der Waals surface area contributed by atoms with Crippen LogP contribution in [0, 0.1) is 0 Å². The molecule has 1 fully saturated rings. The van der Waals surface area contributed by atoms with Crippen molar-refractivity contribution in [3.8, 4) is 22.9 Å². The molecule has 1 aliphatic heterocycles. The highest BCUT2D eigenvalue weighted by molar-refractivity contribution is 5.87. The van der Waals surface area contributed by atoms with Crippen molar-refractivity contribution in [1.82, 2.24) is 14.9 Å². The molecule has 0 unspecified atom stereocenters. The smallest absolute Gasteiger partial charge is 0.159 e. The quantitative estimate of drug-likeness (QED) is 0.658. The number of anilines is 1. The molecule has 0 aliphatic carbocycles. The van der Waals surface area contributed by atoms with Gasteiger partial charge < -0.3 is 14.4 Å². The van der Waals surface area contributed by atoms with E-state index in [9.17, 15) is 0 Å². The Kier molecular flexibility index (Phi) is 5.53. The molecule has 2 heterocycles. The number of methoxy groups -OCH3 is 2. The Hall–Kier alpha value is -2.86. The lowest BCUT2D eigenvalue weighted by Gasteiger charge is -2.38. The molecule has 0 saturated carbocycles. The molecule has 0 N–H and O–H groups in total. The monoisotopic (exact) mass is 392 g/mol. The Morgan fingerprint density at radius 1 is 0.966 bits per heavy atom. The Labute approximate surface area is 172 Å². The normalized spacial score (nSPS) is 15.1. The number of piperazine rings is 1. The first-order chi connectivity index (χ1) is 14.1. The van der Waals surface area contributed by atoms with Crippen molar-refractivity contribution >= 4 is 16.6 Å². The molecular weight excluding hydrogens is 364 g/mol. The molecule has 1 saturated heterocycles. The van der Waals surface area contributed by atoms with Gasteiger partial charge in [0.2, 0.25) is 0 Å². The Morgan fingerprint density at radius 3 is 2.45 bits per heavy atom. The molecule has 3 aromatic rings. The highest BCUT2D eigenvalue weighted by Crippen LogP contribution is 2.31. The molecule has 0 atom stereocenters. The van der Waals surface area contributed by atoms with Gasteiger partial charge in [-0.2, -0.15) is 0 Å². The molecular formula is C23H28N4O2. The lowest BCUT2D eigenvalue weighted by Crippen LogP contribution is -2.48. The van der Waals surface area contributed by atoms with Crippen LogP contribution in [0.4, 0.5) is 5.69 Å². The number of nitrogens with zero attached hydrogens (tertiary/aromatic N) is 4. The van der Waals surface area contributed by atoms with E-state index in [1.54, 1.807) is 14.2 Å². The predicted molar refractivity (Wildman–Crippen MR) is 117 cm³/mol. The summed E-state index contributed by atoms with van der Waals surface area (Å²) in [5, 5.41) is 0.873. The zero-order valence-electron chi connectivity index (χ0n) is 17.6. The number of benzene rings is 2. The van der Waals surface area contributed by atoms with Gasteiger partial charge in [-0.15, -0.1) is 0 Å². The van der Waals surface area contributed by atoms with Crippen LogP contribution in [0.1, 0.15) is 13.8 Å². The van der Waals surface area contributed by atoms with Gasteiger partial charge in [-0.05, 0) is 26.0 Å². The number of rotatable bonds is 5. The fourth-order valence-electron chi connectivity index (χ4n) is 3.84. The molecule has 4 rings (SSSR count). The maximum atomic E-state index is 5.47. The average Bonchev–Trinajstić information content (AvgIpc) is 2.78. The van der Waals surface area contributed by atoms with Crippen LogP contribution in [0.2, 0.25) is 0 Å². The third kappa shape index (κ3) is 3.98. The Morgan fingerprint density at radius 2 is 1.76 bits per heavy atom. The summed E-state index contributed by atoms with van der Waals surface area (Å²) in [6.45, 7) is 8.78. The van der Waals surface area contributed by atoms with Gasteiger partial charge in [-0.1, -0.05) is 12.1 Å². The minimum Gasteiger partial charge on any atom is -0.497 e. The van der Waals surface area contributed by atoms with E-state index in [-0.39, 0.29) is 0 Å². The number of hydrogen-bond donors (Lipinski definition) is 0. The van der Waals surface area contributed by atoms with E-state index in [1.165, 1.54) is 5.69 Å². The van der Waals surface area contributed by atoms with Crippen molar-refractivity contribution in [2.75, 3.05) is 45.3 Å². The van der Waals surface area contributed by atoms with Gasteiger partial charge in [0, 0.05) is 61.8 Å². The molecule has 6 nitrogen and oxygen atoms in total. The first-order valence-electron chi connectivity index (χ1n) is 10.1. The van der Waals surface area contributed by atoms with E-state index in [0.717, 1.165) is 48.4 Å². The van der Waals surface area contributed by atoms with Crippen LogP contribution < -0.4 is 14.4 Å². The molecule has 6 heteroatoms. The number of hydrogen-bond acceptors (Lipinski definition) is 6. The van der Waals surface area contributed by atoms with Crippen molar-refractivity contribution < 1.29 is 9.47 Å². The summed E-state index contributed by atoms with van der Waals surface area (Å²) in [5.41, 5.74) is 3.04. The third-order valence-electron chi connectivity index (χ3n) is 5.61. The molecule has 152 valence electrons. The van der Waals surface area contributed by atoms with Crippen LogP contribution in [0.25, 0.3) is 22.3 Å². The summed E-state index contributed by atoms with van der Waals surface area (Å²) in [6, 6.07) is 12.9. The number of aromatic nitrogens is 2. The van der Waals surface area contributed by atoms with E-state index >= 15 is 0 Å². The van der Waals surface area contributed by atoms with Gasteiger partial charge in [0.25, 0.3) is 0 Å². The van der Waals surface area contributed by atoms with E-state index < -0.39 is 0 Å². The van der Waals surface area contributed by atoms with Gasteiger partial charge in [0.05, 0.1) is 25.1 Å². The van der Waals surface area contributed by atoms with Gasteiger partial charge in [0.1, 0.15) is 11.5 Å². The maximum Gasteiger partial charge on any atom is 0.159 e. The standard InChI is InChI=1S/C23H28N4O2/c1-16(2)26-8-10-27(11-9-26)18-7-5-6-17(12-18)23-24-15-20-21(25-23)13-19(28-3)14-22(20)29-4/h5-7,12-16H,8-11H2,1-4H3. The Bertz CT molecular complexity index is 997. The summed E-state index contributed by atoms with van der Waals surface area (Å²) in [4.78, 5) is 14.4. The minimum atomic E-state index is 0.600. The molecule has 0 amide bonds. The van der Waals surface area contributed by atoms with Crippen molar-refractivity contribution in [2.45, 2.75) is 19.9 Å². The second-order valence-electron chi connectivity index (χ2n) is 7.62. The van der Waals surface area contributed by atoms with Crippen molar-refractivity contribution in [3.63, 3.8) is 0 Å². The van der Waals surface area contributed by atoms with Gasteiger partial charge in [0.15, 0.2) is 5.82 Å². The van der Waals surface area contributed by atoms with E-state index in [0.29, 0.717) is 17.6 Å². The summed E-state index contributed by atoms with van der Waals surface area (Å²) in [7, 11) is 3.29. The molecule has 1 aromatic heterocycles. The minimum absolute atomic E-state index is 0.600. The predicted octanol–water partition coefficient (Wildman–Crippen LogP) is 3.84. The average molecular weight is 393 g/mol. The largest absolute Gasteiger partial charge is 0.497 e. The molecule has 1 aliphatic rings. The maximum absolute atomic E-state index is 5.47. The van der Waals surface area contributed by atoms with Crippen LogP contribution in [0.3, 0.4) is 0 Å². The topological polar surface area (TPSA) is 50.7 Å². The third-order valence-corrected chi connectivity index (χ3v) is 5.61. The van der Waals surface area contributed by atoms with Crippen molar-refractivity contribution in [2.24, 2.45) is 0 Å². The van der Waals surface area contributed by atoms with Gasteiger partial charge in [-0.3, -0.25) is 4.90 Å². The summed E-state index contributed by atoms with van der Waals surface area (Å²) < 4.78 is 10.9. The van der Waals surface area contributed by atoms with Crippen LogP contribution in [-0.2, 0) is 0 Å². The number of ether oxygens (including phenoxy) is 2. The first kappa shape index (κ1) is 19.5. The van der Waals surface area contributed by atoms with E-state index in [2.05, 4.69) is 52.9 Å². The molecule has 2 aromatic carbocycles. The van der Waals surface area contributed by atoms with Crippen LogP contribution in [0.15, 0.2) is 42.6 Å². The second-order valence-corrected chi connectivity index (χ2v) is 7.62. The first-order valence-corrected chi connectivity index (χ1v) is 10.1. The highest BCUT2D eigenvalue weighted by atomic mass is 16.5. The fourth-order valence-corrected chi connectivity index (χ4v) is 3.84. The fraction of sp³-hybridized carbons (Fsp3) is 0.391. The zero-order chi connectivity index (χ0) is 20.4. The zero-order valence-corrected chi connectivity index (χ0v) is 17.6. The van der Waals surface area contributed by atoms with Crippen molar-refractivity contribution in [3.05, 3.63) is 42.6 Å². The second kappa shape index (κ2) is 8.25. The highest BCUT2D eigenvalue weighted by Gasteiger charge is 2.19. The molecule has 0 radical (unpaired) electrons.